The third kappa shape index (κ3) is 4.81. The summed E-state index contributed by atoms with van der Waals surface area (Å²) in [6.45, 7) is 0. The second-order valence-corrected chi connectivity index (χ2v) is 9.59. The zero-order valence-corrected chi connectivity index (χ0v) is 16.1. The molecule has 0 heterocycles. The second kappa shape index (κ2) is 7.44. The normalized spacial score (nSPS) is 12.0. The van der Waals surface area contributed by atoms with Crippen LogP contribution in [0.2, 0.25) is 0 Å². The van der Waals surface area contributed by atoms with Crippen LogP contribution in [-0.4, -0.2) is 47.4 Å². The monoisotopic (exact) mass is 397 g/mol. The van der Waals surface area contributed by atoms with E-state index in [0.717, 1.165) is 10.6 Å². The number of para-hydroxylation sites is 2. The van der Waals surface area contributed by atoms with Crippen molar-refractivity contribution < 1.29 is 21.6 Å². The fourth-order valence-electron chi connectivity index (χ4n) is 2.06. The van der Waals surface area contributed by atoms with Crippen molar-refractivity contribution >= 4 is 37.3 Å². The van der Waals surface area contributed by atoms with Gasteiger partial charge in [0.1, 0.15) is 0 Å². The summed E-state index contributed by atoms with van der Waals surface area (Å²) < 4.78 is 50.3. The zero-order valence-electron chi connectivity index (χ0n) is 14.4. The van der Waals surface area contributed by atoms with Gasteiger partial charge in [0.05, 0.1) is 22.5 Å². The molecule has 2 aromatic carbocycles. The van der Waals surface area contributed by atoms with Crippen molar-refractivity contribution in [2.24, 2.45) is 0 Å². The molecule has 2 rings (SSSR count). The fraction of sp³-hybridized carbons (Fsp3) is 0.188. The highest BCUT2D eigenvalue weighted by Gasteiger charge is 2.18. The minimum absolute atomic E-state index is 0.0678. The molecular formula is C16H19N3O5S2. The first-order chi connectivity index (χ1) is 12.0. The third-order valence-electron chi connectivity index (χ3n) is 3.37. The van der Waals surface area contributed by atoms with Gasteiger partial charge in [0.25, 0.3) is 5.91 Å². The van der Waals surface area contributed by atoms with Crippen molar-refractivity contribution in [1.29, 1.82) is 0 Å². The standard InChI is InChI=1S/C16H19N3O5S2/c1-19(2)26(23,24)13-10-8-12(9-11-13)16(20)17-14-6-4-5-7-15(14)18-25(3,21)22/h4-11,18H,1-3H3,(H,17,20). The fourth-order valence-corrected chi connectivity index (χ4v) is 3.54. The molecule has 0 fully saturated rings. The Hall–Kier alpha value is -2.43. The van der Waals surface area contributed by atoms with Crippen LogP contribution >= 0.6 is 0 Å². The molecule has 8 nitrogen and oxygen atoms in total. The quantitative estimate of drug-likeness (QED) is 0.768. The third-order valence-corrected chi connectivity index (χ3v) is 5.79. The van der Waals surface area contributed by atoms with Crippen molar-refractivity contribution in [1.82, 2.24) is 4.31 Å². The molecule has 0 atom stereocenters. The average Bonchev–Trinajstić information content (AvgIpc) is 2.55. The summed E-state index contributed by atoms with van der Waals surface area (Å²) in [6, 6.07) is 11.8. The van der Waals surface area contributed by atoms with Gasteiger partial charge in [0, 0.05) is 19.7 Å². The number of nitrogens with one attached hydrogen (secondary N) is 2. The molecule has 26 heavy (non-hydrogen) atoms. The number of carbonyl (C=O) groups excluding carboxylic acids is 1. The first kappa shape index (κ1) is 19.9. The van der Waals surface area contributed by atoms with Crippen LogP contribution in [-0.2, 0) is 20.0 Å². The Balaban J connectivity index is 2.24. The van der Waals surface area contributed by atoms with Gasteiger partial charge in [-0.1, -0.05) is 12.1 Å². The molecule has 0 saturated carbocycles. The molecule has 0 aliphatic carbocycles. The van der Waals surface area contributed by atoms with Crippen molar-refractivity contribution in [3.05, 3.63) is 54.1 Å². The van der Waals surface area contributed by atoms with Gasteiger partial charge in [-0.15, -0.1) is 0 Å². The molecule has 10 heteroatoms. The summed E-state index contributed by atoms with van der Waals surface area (Å²) in [5.41, 5.74) is 0.750. The molecule has 0 unspecified atom stereocenters. The molecule has 0 bridgehead atoms. The van der Waals surface area contributed by atoms with Gasteiger partial charge in [0.2, 0.25) is 20.0 Å². The highest BCUT2D eigenvalue weighted by molar-refractivity contribution is 7.92. The maximum absolute atomic E-state index is 12.4. The second-order valence-electron chi connectivity index (χ2n) is 5.69. The van der Waals surface area contributed by atoms with Crippen LogP contribution in [0.25, 0.3) is 0 Å². The number of sulfonamides is 2. The molecule has 0 aromatic heterocycles. The lowest BCUT2D eigenvalue weighted by Gasteiger charge is -2.13. The summed E-state index contributed by atoms with van der Waals surface area (Å²) in [5, 5.41) is 2.60. The first-order valence-corrected chi connectivity index (χ1v) is 10.7. The summed E-state index contributed by atoms with van der Waals surface area (Å²) in [6.07, 6.45) is 1.01. The molecule has 140 valence electrons. The van der Waals surface area contributed by atoms with Crippen molar-refractivity contribution in [3.63, 3.8) is 0 Å². The van der Waals surface area contributed by atoms with Gasteiger partial charge in [-0.3, -0.25) is 9.52 Å². The molecule has 0 radical (unpaired) electrons. The van der Waals surface area contributed by atoms with Crippen molar-refractivity contribution in [2.75, 3.05) is 30.4 Å². The molecule has 0 aliphatic heterocycles. The number of nitrogens with zero attached hydrogens (tertiary/aromatic N) is 1. The van der Waals surface area contributed by atoms with E-state index in [-0.39, 0.29) is 21.8 Å². The van der Waals surface area contributed by atoms with Gasteiger partial charge < -0.3 is 5.32 Å². The van der Waals surface area contributed by atoms with Gasteiger partial charge >= 0.3 is 0 Å². The van der Waals surface area contributed by atoms with Crippen LogP contribution in [0.15, 0.2) is 53.4 Å². The zero-order chi connectivity index (χ0) is 19.5. The van der Waals surface area contributed by atoms with E-state index in [9.17, 15) is 21.6 Å². The van der Waals surface area contributed by atoms with E-state index in [1.165, 1.54) is 44.4 Å². The van der Waals surface area contributed by atoms with Gasteiger partial charge in [-0.05, 0) is 36.4 Å². The number of rotatable bonds is 6. The van der Waals surface area contributed by atoms with E-state index >= 15 is 0 Å². The van der Waals surface area contributed by atoms with Crippen molar-refractivity contribution in [2.45, 2.75) is 4.90 Å². The Morgan fingerprint density at radius 2 is 1.42 bits per heavy atom. The summed E-state index contributed by atoms with van der Waals surface area (Å²) >= 11 is 0. The van der Waals surface area contributed by atoms with Gasteiger partial charge in [0.15, 0.2) is 0 Å². The van der Waals surface area contributed by atoms with Crippen LogP contribution in [0.1, 0.15) is 10.4 Å². The summed E-state index contributed by atoms with van der Waals surface area (Å²) in [7, 11) is -4.25. The van der Waals surface area contributed by atoms with E-state index in [4.69, 9.17) is 0 Å². The summed E-state index contributed by atoms with van der Waals surface area (Å²) in [5.74, 6) is -0.499. The van der Waals surface area contributed by atoms with Crippen LogP contribution in [0.3, 0.4) is 0 Å². The minimum atomic E-state index is -3.58. The van der Waals surface area contributed by atoms with Crippen LogP contribution < -0.4 is 10.0 Å². The number of benzene rings is 2. The predicted octanol–water partition coefficient (Wildman–Crippen LogP) is 1.56. The first-order valence-electron chi connectivity index (χ1n) is 7.41. The Morgan fingerprint density at radius 3 is 1.92 bits per heavy atom. The Kier molecular flexibility index (Phi) is 5.69. The minimum Gasteiger partial charge on any atom is -0.320 e. The number of hydrogen-bond acceptors (Lipinski definition) is 5. The average molecular weight is 397 g/mol. The molecule has 0 spiro atoms. The van der Waals surface area contributed by atoms with Crippen LogP contribution in [0.4, 0.5) is 11.4 Å². The molecule has 2 N–H and O–H groups in total. The topological polar surface area (TPSA) is 113 Å². The Bertz CT molecular complexity index is 1010. The van der Waals surface area contributed by atoms with E-state index in [1.54, 1.807) is 18.2 Å². The van der Waals surface area contributed by atoms with E-state index < -0.39 is 26.0 Å². The lowest BCUT2D eigenvalue weighted by Crippen LogP contribution is -2.22. The Labute approximate surface area is 152 Å². The van der Waals surface area contributed by atoms with Crippen LogP contribution in [0.5, 0.6) is 0 Å². The Morgan fingerprint density at radius 1 is 0.885 bits per heavy atom. The van der Waals surface area contributed by atoms with E-state index in [0.29, 0.717) is 0 Å². The molecule has 0 aliphatic rings. The predicted molar refractivity (Wildman–Crippen MR) is 100 cm³/mol. The number of hydrogen-bond donors (Lipinski definition) is 2. The number of carbonyl (C=O) groups is 1. The molecule has 2 aromatic rings. The highest BCUT2D eigenvalue weighted by Crippen LogP contribution is 2.23. The molecule has 1 amide bonds. The largest absolute Gasteiger partial charge is 0.320 e. The smallest absolute Gasteiger partial charge is 0.255 e. The van der Waals surface area contributed by atoms with Crippen molar-refractivity contribution in [3.8, 4) is 0 Å². The number of anilines is 2. The number of amides is 1. The molecule has 0 saturated heterocycles. The highest BCUT2D eigenvalue weighted by atomic mass is 32.2. The maximum Gasteiger partial charge on any atom is 0.255 e. The van der Waals surface area contributed by atoms with E-state index in [2.05, 4.69) is 10.0 Å². The summed E-state index contributed by atoms with van der Waals surface area (Å²) in [4.78, 5) is 12.4. The SMILES string of the molecule is CN(C)S(=O)(=O)c1ccc(C(=O)Nc2ccccc2NS(C)(=O)=O)cc1. The van der Waals surface area contributed by atoms with Crippen LogP contribution in [0, 0.1) is 0 Å². The molecular weight excluding hydrogens is 378 g/mol. The maximum atomic E-state index is 12.4. The van der Waals surface area contributed by atoms with E-state index in [1.807, 2.05) is 0 Å². The van der Waals surface area contributed by atoms with Gasteiger partial charge in [-0.25, -0.2) is 21.1 Å². The lowest BCUT2D eigenvalue weighted by atomic mass is 10.2. The van der Waals surface area contributed by atoms with Gasteiger partial charge in [-0.2, -0.15) is 0 Å². The lowest BCUT2D eigenvalue weighted by molar-refractivity contribution is 0.102.